The molecule has 0 spiro atoms. The second-order valence-electron chi connectivity index (χ2n) is 5.66. The van der Waals surface area contributed by atoms with E-state index in [2.05, 4.69) is 4.98 Å². The molecule has 9 heteroatoms. The van der Waals surface area contributed by atoms with E-state index in [4.69, 9.17) is 25.8 Å². The first-order chi connectivity index (χ1) is 13.6. The molecule has 1 amide bonds. The molecule has 28 heavy (non-hydrogen) atoms. The zero-order valence-corrected chi connectivity index (χ0v) is 17.4. The number of methoxy groups -OCH3 is 1. The fourth-order valence-electron chi connectivity index (χ4n) is 2.33. The molecule has 2 rings (SSSR count). The van der Waals surface area contributed by atoms with E-state index in [1.54, 1.807) is 14.0 Å². The molecule has 0 atom stereocenters. The van der Waals surface area contributed by atoms with Gasteiger partial charge in [-0.1, -0.05) is 41.7 Å². The van der Waals surface area contributed by atoms with E-state index in [1.165, 1.54) is 4.90 Å². The first kappa shape index (κ1) is 22.1. The lowest BCUT2D eigenvalue weighted by molar-refractivity contribution is 0.0531. The van der Waals surface area contributed by atoms with Crippen molar-refractivity contribution in [2.45, 2.75) is 25.8 Å². The Kier molecular flexibility index (Phi) is 9.19. The van der Waals surface area contributed by atoms with Crippen molar-refractivity contribution in [2.75, 3.05) is 31.8 Å². The third-order valence-electron chi connectivity index (χ3n) is 3.66. The highest BCUT2D eigenvalue weighted by Gasteiger charge is 2.26. The SMILES string of the molecule is CCOC(=O)c1sc(N(CCCOC)C(=O)OCc2ccccc2)nc1CCl. The van der Waals surface area contributed by atoms with Crippen LogP contribution in [0, 0.1) is 0 Å². The van der Waals surface area contributed by atoms with Gasteiger partial charge < -0.3 is 14.2 Å². The number of hydrogen-bond donors (Lipinski definition) is 0. The lowest BCUT2D eigenvalue weighted by Crippen LogP contribution is -2.33. The van der Waals surface area contributed by atoms with Crippen LogP contribution in [-0.4, -0.2) is 43.9 Å². The van der Waals surface area contributed by atoms with Gasteiger partial charge in [0.15, 0.2) is 5.13 Å². The van der Waals surface area contributed by atoms with Crippen LogP contribution < -0.4 is 4.90 Å². The maximum atomic E-state index is 12.7. The number of hydrogen-bond acceptors (Lipinski definition) is 7. The van der Waals surface area contributed by atoms with Gasteiger partial charge in [-0.05, 0) is 18.9 Å². The van der Waals surface area contributed by atoms with Gasteiger partial charge in [0.2, 0.25) is 0 Å². The normalized spacial score (nSPS) is 10.5. The van der Waals surface area contributed by atoms with E-state index in [0.29, 0.717) is 35.3 Å². The predicted molar refractivity (Wildman–Crippen MR) is 108 cm³/mol. The Bertz CT molecular complexity index is 769. The van der Waals surface area contributed by atoms with Gasteiger partial charge in [-0.25, -0.2) is 14.6 Å². The molecule has 0 N–H and O–H groups in total. The molecule has 152 valence electrons. The summed E-state index contributed by atoms with van der Waals surface area (Å²) in [6.45, 7) is 2.90. The molecule has 0 saturated heterocycles. The highest BCUT2D eigenvalue weighted by atomic mass is 35.5. The van der Waals surface area contributed by atoms with Crippen molar-refractivity contribution in [1.82, 2.24) is 4.98 Å². The number of aromatic nitrogens is 1. The fourth-order valence-corrected chi connectivity index (χ4v) is 3.60. The quantitative estimate of drug-likeness (QED) is 0.321. The van der Waals surface area contributed by atoms with Gasteiger partial charge in [-0.15, -0.1) is 11.6 Å². The number of nitrogens with zero attached hydrogens (tertiary/aromatic N) is 2. The Balaban J connectivity index is 2.19. The second-order valence-corrected chi connectivity index (χ2v) is 6.91. The fraction of sp³-hybridized carbons (Fsp3) is 0.421. The summed E-state index contributed by atoms with van der Waals surface area (Å²) in [6.07, 6.45) is 0.0341. The molecule has 1 aromatic carbocycles. The monoisotopic (exact) mass is 426 g/mol. The maximum Gasteiger partial charge on any atom is 0.416 e. The summed E-state index contributed by atoms with van der Waals surface area (Å²) >= 11 is 6.99. The molecule has 1 heterocycles. The summed E-state index contributed by atoms with van der Waals surface area (Å²) in [5, 5.41) is 0.341. The van der Waals surface area contributed by atoms with Crippen molar-refractivity contribution in [3.05, 3.63) is 46.5 Å². The smallest absolute Gasteiger partial charge is 0.416 e. The van der Waals surface area contributed by atoms with Crippen molar-refractivity contribution in [3.63, 3.8) is 0 Å². The molecule has 0 aliphatic carbocycles. The van der Waals surface area contributed by atoms with Crippen molar-refractivity contribution < 1.29 is 23.8 Å². The van der Waals surface area contributed by atoms with E-state index in [1.807, 2.05) is 30.3 Å². The highest BCUT2D eigenvalue weighted by Crippen LogP contribution is 2.29. The van der Waals surface area contributed by atoms with Crippen LogP contribution in [0.5, 0.6) is 0 Å². The minimum absolute atomic E-state index is 0.0373. The summed E-state index contributed by atoms with van der Waals surface area (Å²) in [7, 11) is 1.59. The van der Waals surface area contributed by atoms with Gasteiger partial charge in [0.05, 0.1) is 18.2 Å². The second kappa shape index (κ2) is 11.6. The Morgan fingerprint density at radius 3 is 2.61 bits per heavy atom. The molecular weight excluding hydrogens is 404 g/mol. The summed E-state index contributed by atoms with van der Waals surface area (Å²) in [6, 6.07) is 9.38. The number of ether oxygens (including phenoxy) is 3. The van der Waals surface area contributed by atoms with Gasteiger partial charge in [-0.2, -0.15) is 0 Å². The molecule has 0 unspecified atom stereocenters. The summed E-state index contributed by atoms with van der Waals surface area (Å²) in [5.41, 5.74) is 1.26. The van der Waals surface area contributed by atoms with E-state index >= 15 is 0 Å². The van der Waals surface area contributed by atoms with Crippen LogP contribution in [0.3, 0.4) is 0 Å². The number of alkyl halides is 1. The Labute approximate surface area is 173 Å². The van der Waals surface area contributed by atoms with E-state index in [9.17, 15) is 9.59 Å². The first-order valence-electron chi connectivity index (χ1n) is 8.80. The topological polar surface area (TPSA) is 78.0 Å². The number of benzene rings is 1. The first-order valence-corrected chi connectivity index (χ1v) is 10.2. The van der Waals surface area contributed by atoms with Gasteiger partial charge in [0.25, 0.3) is 0 Å². The summed E-state index contributed by atoms with van der Waals surface area (Å²) in [4.78, 5) is 30.9. The van der Waals surface area contributed by atoms with Crippen molar-refractivity contribution >= 4 is 40.1 Å². The maximum absolute atomic E-state index is 12.7. The largest absolute Gasteiger partial charge is 0.462 e. The molecule has 0 saturated carbocycles. The molecule has 2 aromatic rings. The Hall–Kier alpha value is -2.16. The predicted octanol–water partition coefficient (Wildman–Crippen LogP) is 4.24. The zero-order chi connectivity index (χ0) is 20.4. The number of amides is 1. The van der Waals surface area contributed by atoms with Gasteiger partial charge in [-0.3, -0.25) is 4.90 Å². The highest BCUT2D eigenvalue weighted by molar-refractivity contribution is 7.17. The van der Waals surface area contributed by atoms with Crippen LogP contribution in [0.1, 0.15) is 34.3 Å². The average Bonchev–Trinajstić information content (AvgIpc) is 3.14. The number of anilines is 1. The van der Waals surface area contributed by atoms with E-state index in [0.717, 1.165) is 16.9 Å². The van der Waals surface area contributed by atoms with Crippen molar-refractivity contribution in [3.8, 4) is 0 Å². The standard InChI is InChI=1S/C19H23ClN2O5S/c1-3-26-17(23)16-15(12-20)21-18(28-16)22(10-7-11-25-2)19(24)27-13-14-8-5-4-6-9-14/h4-6,8-9H,3,7,10-13H2,1-2H3. The minimum atomic E-state index is -0.551. The van der Waals surface area contributed by atoms with Gasteiger partial charge >= 0.3 is 12.1 Å². The van der Waals surface area contributed by atoms with Crippen LogP contribution in [-0.2, 0) is 26.7 Å². The molecule has 1 aromatic heterocycles. The Morgan fingerprint density at radius 1 is 1.21 bits per heavy atom. The number of rotatable bonds is 10. The number of halogens is 1. The van der Waals surface area contributed by atoms with E-state index < -0.39 is 12.1 Å². The molecular formula is C19H23ClN2O5S. The molecule has 0 aliphatic rings. The lowest BCUT2D eigenvalue weighted by atomic mass is 10.2. The van der Waals surface area contributed by atoms with E-state index in [-0.39, 0.29) is 19.1 Å². The van der Waals surface area contributed by atoms with Crippen LogP contribution >= 0.6 is 22.9 Å². The number of esters is 1. The molecule has 0 fully saturated rings. The third kappa shape index (κ3) is 6.19. The average molecular weight is 427 g/mol. The minimum Gasteiger partial charge on any atom is -0.462 e. The number of thiazole rings is 1. The van der Waals surface area contributed by atoms with Crippen molar-refractivity contribution in [2.24, 2.45) is 0 Å². The van der Waals surface area contributed by atoms with Gasteiger partial charge in [0, 0.05) is 20.3 Å². The molecule has 0 bridgehead atoms. The number of carbonyl (C=O) groups excluding carboxylic acids is 2. The van der Waals surface area contributed by atoms with Crippen LogP contribution in [0.25, 0.3) is 0 Å². The summed E-state index contributed by atoms with van der Waals surface area (Å²) < 4.78 is 15.5. The molecule has 7 nitrogen and oxygen atoms in total. The third-order valence-corrected chi connectivity index (χ3v) is 5.01. The van der Waals surface area contributed by atoms with Gasteiger partial charge in [0.1, 0.15) is 11.5 Å². The lowest BCUT2D eigenvalue weighted by Gasteiger charge is -2.19. The number of carbonyl (C=O) groups is 2. The van der Waals surface area contributed by atoms with Crippen LogP contribution in [0.15, 0.2) is 30.3 Å². The summed E-state index contributed by atoms with van der Waals surface area (Å²) in [5.74, 6) is -0.466. The zero-order valence-electron chi connectivity index (χ0n) is 15.9. The molecule has 0 aliphatic heterocycles. The van der Waals surface area contributed by atoms with Crippen LogP contribution in [0.4, 0.5) is 9.93 Å². The van der Waals surface area contributed by atoms with Crippen molar-refractivity contribution in [1.29, 1.82) is 0 Å². The Morgan fingerprint density at radius 2 is 1.96 bits per heavy atom. The molecule has 0 radical (unpaired) electrons. The van der Waals surface area contributed by atoms with Crippen LogP contribution in [0.2, 0.25) is 0 Å².